The molecule has 0 radical (unpaired) electrons. The molecule has 6 heteroatoms. The minimum absolute atomic E-state index is 0.205. The van der Waals surface area contributed by atoms with Crippen LogP contribution in [0.5, 0.6) is 0 Å². The van der Waals surface area contributed by atoms with Gasteiger partial charge in [-0.05, 0) is 30.7 Å². The van der Waals surface area contributed by atoms with Gasteiger partial charge in [0.15, 0.2) is 0 Å². The summed E-state index contributed by atoms with van der Waals surface area (Å²) in [4.78, 5) is 16.5. The number of carbonyl (C=O) groups excluding carboxylic acids is 1. The maximum Gasteiger partial charge on any atom is 0.238 e. The van der Waals surface area contributed by atoms with Gasteiger partial charge < -0.3 is 10.2 Å². The molecule has 0 bridgehead atoms. The van der Waals surface area contributed by atoms with Gasteiger partial charge in [-0.1, -0.05) is 24.3 Å². The van der Waals surface area contributed by atoms with Gasteiger partial charge in [0.1, 0.15) is 11.9 Å². The maximum atomic E-state index is 13.6. The van der Waals surface area contributed by atoms with E-state index in [1.54, 1.807) is 18.2 Å². The van der Waals surface area contributed by atoms with Crippen molar-refractivity contribution in [3.05, 3.63) is 59.9 Å². The van der Waals surface area contributed by atoms with Crippen molar-refractivity contribution >= 4 is 17.3 Å². The highest BCUT2D eigenvalue weighted by Gasteiger charge is 2.19. The molecule has 1 saturated heterocycles. The summed E-state index contributed by atoms with van der Waals surface area (Å²) < 4.78 is 13.6. The third-order valence-corrected chi connectivity index (χ3v) is 4.47. The molecule has 0 aromatic heterocycles. The Labute approximate surface area is 152 Å². The molecule has 3 rings (SSSR count). The number of anilines is 2. The molecule has 0 spiro atoms. The number of nitrogens with zero attached hydrogens (tertiary/aromatic N) is 3. The number of nitriles is 1. The second-order valence-electron chi connectivity index (χ2n) is 6.27. The van der Waals surface area contributed by atoms with E-state index < -0.39 is 5.82 Å². The number of rotatable bonds is 4. The Hall–Kier alpha value is -2.91. The molecule has 1 fully saturated rings. The molecule has 2 aromatic rings. The lowest BCUT2D eigenvalue weighted by Crippen LogP contribution is -2.36. The number of benzene rings is 2. The lowest BCUT2D eigenvalue weighted by molar-refractivity contribution is -0.117. The first kappa shape index (κ1) is 17.9. The van der Waals surface area contributed by atoms with Crippen LogP contribution < -0.4 is 10.2 Å². The second kappa shape index (κ2) is 8.45. The SMILES string of the molecule is N#Cc1ccccc1N1CCCN(CC(=O)Nc2ccccc2F)CC1. The van der Waals surface area contributed by atoms with Gasteiger partial charge in [0, 0.05) is 26.2 Å². The zero-order valence-corrected chi connectivity index (χ0v) is 14.5. The summed E-state index contributed by atoms with van der Waals surface area (Å²) >= 11 is 0. The van der Waals surface area contributed by atoms with Crippen molar-refractivity contribution in [1.82, 2.24) is 4.90 Å². The molecule has 2 aromatic carbocycles. The van der Waals surface area contributed by atoms with E-state index in [0.717, 1.165) is 31.7 Å². The minimum atomic E-state index is -0.434. The summed E-state index contributed by atoms with van der Waals surface area (Å²) in [5, 5.41) is 11.9. The lowest BCUT2D eigenvalue weighted by atomic mass is 10.1. The van der Waals surface area contributed by atoms with Crippen LogP contribution in [0.4, 0.5) is 15.8 Å². The average Bonchev–Trinajstić information content (AvgIpc) is 2.89. The maximum absolute atomic E-state index is 13.6. The first-order chi connectivity index (χ1) is 12.7. The number of para-hydroxylation sites is 2. The molecule has 0 atom stereocenters. The summed E-state index contributed by atoms with van der Waals surface area (Å²) in [5.74, 6) is -0.656. The van der Waals surface area contributed by atoms with Crippen LogP contribution in [0.15, 0.2) is 48.5 Å². The van der Waals surface area contributed by atoms with Gasteiger partial charge in [0.25, 0.3) is 0 Å². The highest BCUT2D eigenvalue weighted by Crippen LogP contribution is 2.21. The van der Waals surface area contributed by atoms with E-state index in [1.807, 2.05) is 24.3 Å². The number of hydrogen-bond donors (Lipinski definition) is 1. The van der Waals surface area contributed by atoms with E-state index >= 15 is 0 Å². The Morgan fingerprint density at radius 1 is 1.08 bits per heavy atom. The summed E-state index contributed by atoms with van der Waals surface area (Å²) in [6.45, 7) is 3.30. The molecule has 5 nitrogen and oxygen atoms in total. The molecule has 0 aliphatic carbocycles. The predicted octanol–water partition coefficient (Wildman–Crippen LogP) is 2.85. The number of amides is 1. The average molecular weight is 352 g/mol. The van der Waals surface area contributed by atoms with E-state index in [9.17, 15) is 14.4 Å². The quantitative estimate of drug-likeness (QED) is 0.919. The normalized spacial score (nSPS) is 15.2. The standard InChI is InChI=1S/C20H21FN4O/c21-17-7-2-3-8-18(17)23-20(26)15-24-10-5-11-25(13-12-24)19-9-4-1-6-16(19)14-22/h1-4,6-9H,5,10-13,15H2,(H,23,26). The minimum Gasteiger partial charge on any atom is -0.369 e. The van der Waals surface area contributed by atoms with Gasteiger partial charge >= 0.3 is 0 Å². The smallest absolute Gasteiger partial charge is 0.238 e. The van der Waals surface area contributed by atoms with Gasteiger partial charge in [-0.2, -0.15) is 5.26 Å². The zero-order valence-electron chi connectivity index (χ0n) is 14.5. The van der Waals surface area contributed by atoms with Gasteiger partial charge in [-0.3, -0.25) is 9.69 Å². The highest BCUT2D eigenvalue weighted by atomic mass is 19.1. The number of nitrogens with one attached hydrogen (secondary N) is 1. The van der Waals surface area contributed by atoms with Crippen molar-refractivity contribution in [3.8, 4) is 6.07 Å². The van der Waals surface area contributed by atoms with Crippen molar-refractivity contribution in [1.29, 1.82) is 5.26 Å². The fourth-order valence-corrected chi connectivity index (χ4v) is 3.17. The Morgan fingerprint density at radius 3 is 2.65 bits per heavy atom. The van der Waals surface area contributed by atoms with Crippen LogP contribution in [0.2, 0.25) is 0 Å². The molecule has 1 aliphatic heterocycles. The van der Waals surface area contributed by atoms with E-state index in [0.29, 0.717) is 12.1 Å². The predicted molar refractivity (Wildman–Crippen MR) is 99.5 cm³/mol. The summed E-state index contributed by atoms with van der Waals surface area (Å²) in [5.41, 5.74) is 1.81. The van der Waals surface area contributed by atoms with E-state index in [4.69, 9.17) is 0 Å². The monoisotopic (exact) mass is 352 g/mol. The first-order valence-electron chi connectivity index (χ1n) is 8.68. The largest absolute Gasteiger partial charge is 0.369 e. The zero-order chi connectivity index (χ0) is 18.4. The molecule has 1 aliphatic rings. The van der Waals surface area contributed by atoms with Gasteiger partial charge in [-0.25, -0.2) is 4.39 Å². The van der Waals surface area contributed by atoms with E-state index in [1.165, 1.54) is 6.07 Å². The Kier molecular flexibility index (Phi) is 5.82. The third kappa shape index (κ3) is 4.38. The molecular weight excluding hydrogens is 331 g/mol. The van der Waals surface area contributed by atoms with Crippen LogP contribution in [0.3, 0.4) is 0 Å². The van der Waals surface area contributed by atoms with Crippen molar-refractivity contribution in [2.45, 2.75) is 6.42 Å². The third-order valence-electron chi connectivity index (χ3n) is 4.47. The summed E-state index contributed by atoms with van der Waals surface area (Å²) in [7, 11) is 0. The van der Waals surface area contributed by atoms with Crippen LogP contribution in [0, 0.1) is 17.1 Å². The van der Waals surface area contributed by atoms with Crippen molar-refractivity contribution in [3.63, 3.8) is 0 Å². The molecule has 1 heterocycles. The van der Waals surface area contributed by atoms with Gasteiger partial charge in [0.2, 0.25) is 5.91 Å². The fourth-order valence-electron chi connectivity index (χ4n) is 3.17. The molecule has 0 saturated carbocycles. The number of carbonyl (C=O) groups is 1. The van der Waals surface area contributed by atoms with Gasteiger partial charge in [-0.15, -0.1) is 0 Å². The number of halogens is 1. The first-order valence-corrected chi connectivity index (χ1v) is 8.68. The van der Waals surface area contributed by atoms with Crippen LogP contribution in [0.1, 0.15) is 12.0 Å². The van der Waals surface area contributed by atoms with Crippen molar-refractivity contribution in [2.75, 3.05) is 42.9 Å². The molecule has 1 N–H and O–H groups in total. The molecule has 1 amide bonds. The Balaban J connectivity index is 1.58. The molecule has 26 heavy (non-hydrogen) atoms. The van der Waals surface area contributed by atoms with Crippen LogP contribution in [0.25, 0.3) is 0 Å². The van der Waals surface area contributed by atoms with E-state index in [2.05, 4.69) is 21.2 Å². The summed E-state index contributed by atoms with van der Waals surface area (Å²) in [6.07, 6.45) is 0.896. The topological polar surface area (TPSA) is 59.4 Å². The Morgan fingerprint density at radius 2 is 1.85 bits per heavy atom. The molecular formula is C20H21FN4O. The van der Waals surface area contributed by atoms with Crippen LogP contribution >= 0.6 is 0 Å². The Bertz CT molecular complexity index is 817. The highest BCUT2D eigenvalue weighted by molar-refractivity contribution is 5.92. The van der Waals surface area contributed by atoms with Crippen LogP contribution in [-0.4, -0.2) is 43.5 Å². The molecule has 0 unspecified atom stereocenters. The second-order valence-corrected chi connectivity index (χ2v) is 6.27. The van der Waals surface area contributed by atoms with Gasteiger partial charge in [0.05, 0.1) is 23.5 Å². The number of hydrogen-bond acceptors (Lipinski definition) is 4. The fraction of sp³-hybridized carbons (Fsp3) is 0.300. The van der Waals surface area contributed by atoms with Crippen LogP contribution in [-0.2, 0) is 4.79 Å². The van der Waals surface area contributed by atoms with Crippen molar-refractivity contribution < 1.29 is 9.18 Å². The van der Waals surface area contributed by atoms with Crippen molar-refractivity contribution in [2.24, 2.45) is 0 Å². The van der Waals surface area contributed by atoms with E-state index in [-0.39, 0.29) is 18.1 Å². The summed E-state index contributed by atoms with van der Waals surface area (Å²) in [6, 6.07) is 16.0. The lowest BCUT2D eigenvalue weighted by Gasteiger charge is -2.24. The molecule has 134 valence electrons.